The molecule has 0 unspecified atom stereocenters. The van der Waals surface area contributed by atoms with Crippen molar-refractivity contribution in [2.45, 2.75) is 26.2 Å². The van der Waals surface area contributed by atoms with E-state index < -0.39 is 5.97 Å². The molecule has 0 aliphatic heterocycles. The zero-order valence-electron chi connectivity index (χ0n) is 5.59. The maximum Gasteiger partial charge on any atom is 0.0452 e. The van der Waals surface area contributed by atoms with E-state index in [0.29, 0.717) is 0 Å². The summed E-state index contributed by atoms with van der Waals surface area (Å²) in [6, 6.07) is 0. The smallest absolute Gasteiger partial charge is 0.0452 e. The second-order valence-electron chi connectivity index (χ2n) is 1.84. The topological polar surface area (TPSA) is 40.1 Å². The van der Waals surface area contributed by atoms with Crippen LogP contribution in [0, 0.1) is 0 Å². The van der Waals surface area contributed by atoms with Gasteiger partial charge >= 0.3 is 0 Å². The fourth-order valence-corrected chi connectivity index (χ4v) is 0.464. The molecule has 0 atom stereocenters. The van der Waals surface area contributed by atoms with Gasteiger partial charge in [-0.05, 0) is 6.42 Å². The number of aliphatic carboxylic acids is 1. The van der Waals surface area contributed by atoms with Crippen LogP contribution in [-0.2, 0) is 4.79 Å². The Bertz CT molecular complexity index is 105. The minimum Gasteiger partial charge on any atom is -0.550 e. The summed E-state index contributed by atoms with van der Waals surface area (Å²) < 4.78 is 0. The number of carbonyl (C=O) groups excluding carboxylic acids is 1. The lowest BCUT2D eigenvalue weighted by atomic mass is 10.3. The monoisotopic (exact) mass is 127 g/mol. The normalized spacial score (nSPS) is 10.3. The molecule has 0 aromatic heterocycles. The first kappa shape index (κ1) is 8.21. The van der Waals surface area contributed by atoms with Gasteiger partial charge in [0, 0.05) is 12.4 Å². The summed E-state index contributed by atoms with van der Waals surface area (Å²) in [5, 5.41) is 9.80. The van der Waals surface area contributed by atoms with Crippen LogP contribution in [0.1, 0.15) is 26.2 Å². The van der Waals surface area contributed by atoms with Crippen LogP contribution in [0.25, 0.3) is 0 Å². The van der Waals surface area contributed by atoms with Gasteiger partial charge in [-0.25, -0.2) is 0 Å². The van der Waals surface area contributed by atoms with Crippen molar-refractivity contribution in [3.05, 3.63) is 12.2 Å². The molecule has 0 spiro atoms. The predicted molar refractivity (Wildman–Crippen MR) is 33.7 cm³/mol. The maximum atomic E-state index is 9.80. The van der Waals surface area contributed by atoms with E-state index in [4.69, 9.17) is 0 Å². The molecule has 0 aliphatic rings. The van der Waals surface area contributed by atoms with E-state index in [1.807, 2.05) is 13.0 Å². The Morgan fingerprint density at radius 2 is 2.22 bits per heavy atom. The van der Waals surface area contributed by atoms with Crippen molar-refractivity contribution in [3.63, 3.8) is 0 Å². The third kappa shape index (κ3) is 7.21. The Balaban J connectivity index is 3.14. The van der Waals surface area contributed by atoms with E-state index in [-0.39, 0.29) is 6.42 Å². The minimum atomic E-state index is -1.01. The first-order valence-corrected chi connectivity index (χ1v) is 3.12. The molecule has 52 valence electrons. The van der Waals surface area contributed by atoms with Crippen LogP contribution in [0.15, 0.2) is 12.2 Å². The van der Waals surface area contributed by atoms with Crippen LogP contribution in [-0.4, -0.2) is 5.97 Å². The van der Waals surface area contributed by atoms with Gasteiger partial charge in [0.25, 0.3) is 0 Å². The van der Waals surface area contributed by atoms with Crippen molar-refractivity contribution in [2.24, 2.45) is 0 Å². The molecule has 0 aromatic rings. The number of unbranched alkanes of at least 4 members (excludes halogenated alkanes) is 1. The number of hydrogen-bond acceptors (Lipinski definition) is 2. The SMILES string of the molecule is CCCC=CCC(=O)[O-]. The van der Waals surface area contributed by atoms with Crippen molar-refractivity contribution in [2.75, 3.05) is 0 Å². The van der Waals surface area contributed by atoms with Crippen LogP contribution < -0.4 is 5.11 Å². The fourth-order valence-electron chi connectivity index (χ4n) is 0.464. The standard InChI is InChI=1S/C7H12O2/c1-2-3-4-5-6-7(8)9/h4-5H,2-3,6H2,1H3,(H,8,9)/p-1. The van der Waals surface area contributed by atoms with Crippen molar-refractivity contribution in [3.8, 4) is 0 Å². The van der Waals surface area contributed by atoms with Gasteiger partial charge in [-0.15, -0.1) is 0 Å². The van der Waals surface area contributed by atoms with Gasteiger partial charge in [0.1, 0.15) is 0 Å². The number of hydrogen-bond donors (Lipinski definition) is 0. The lowest BCUT2D eigenvalue weighted by Gasteiger charge is -1.92. The van der Waals surface area contributed by atoms with Gasteiger partial charge in [0.15, 0.2) is 0 Å². The lowest BCUT2D eigenvalue weighted by molar-refractivity contribution is -0.304. The number of carboxylic acids is 1. The number of rotatable bonds is 4. The van der Waals surface area contributed by atoms with E-state index in [1.165, 1.54) is 0 Å². The summed E-state index contributed by atoms with van der Waals surface area (Å²) in [5.41, 5.74) is 0. The highest BCUT2D eigenvalue weighted by Crippen LogP contribution is 1.89. The molecule has 9 heavy (non-hydrogen) atoms. The van der Waals surface area contributed by atoms with E-state index in [2.05, 4.69) is 0 Å². The Labute approximate surface area is 55.2 Å². The molecule has 0 rings (SSSR count). The number of allylic oxidation sites excluding steroid dienone is 1. The van der Waals surface area contributed by atoms with Crippen LogP contribution >= 0.6 is 0 Å². The zero-order valence-corrected chi connectivity index (χ0v) is 5.59. The van der Waals surface area contributed by atoms with Crippen LogP contribution in [0.5, 0.6) is 0 Å². The summed E-state index contributed by atoms with van der Waals surface area (Å²) in [5.74, 6) is -1.01. The molecule has 0 radical (unpaired) electrons. The molecule has 0 fully saturated rings. The van der Waals surface area contributed by atoms with Gasteiger partial charge in [0.2, 0.25) is 0 Å². The van der Waals surface area contributed by atoms with Gasteiger partial charge in [-0.3, -0.25) is 0 Å². The molecule has 0 aromatic carbocycles. The first-order valence-electron chi connectivity index (χ1n) is 3.12. The molecule has 0 aliphatic carbocycles. The van der Waals surface area contributed by atoms with Gasteiger partial charge < -0.3 is 9.90 Å². The van der Waals surface area contributed by atoms with Crippen molar-refractivity contribution < 1.29 is 9.90 Å². The zero-order chi connectivity index (χ0) is 7.11. The van der Waals surface area contributed by atoms with Crippen LogP contribution in [0.4, 0.5) is 0 Å². The Morgan fingerprint density at radius 1 is 1.56 bits per heavy atom. The third-order valence-corrected chi connectivity index (χ3v) is 0.907. The van der Waals surface area contributed by atoms with E-state index in [0.717, 1.165) is 12.8 Å². The quantitative estimate of drug-likeness (QED) is 0.515. The summed E-state index contributed by atoms with van der Waals surface area (Å²) in [6.07, 6.45) is 5.53. The average molecular weight is 127 g/mol. The van der Waals surface area contributed by atoms with Crippen molar-refractivity contribution in [1.29, 1.82) is 0 Å². The summed E-state index contributed by atoms with van der Waals surface area (Å²) in [6.45, 7) is 2.04. The summed E-state index contributed by atoms with van der Waals surface area (Å²) >= 11 is 0. The summed E-state index contributed by atoms with van der Waals surface area (Å²) in [4.78, 5) is 9.80. The maximum absolute atomic E-state index is 9.80. The Kier molecular flexibility index (Phi) is 4.88. The second kappa shape index (κ2) is 5.35. The molecule has 0 N–H and O–H groups in total. The molecule has 0 saturated carbocycles. The average Bonchev–Trinajstić information content (AvgIpc) is 1.80. The van der Waals surface area contributed by atoms with Crippen molar-refractivity contribution in [1.82, 2.24) is 0 Å². The van der Waals surface area contributed by atoms with Crippen molar-refractivity contribution >= 4 is 5.97 Å². The highest BCUT2D eigenvalue weighted by Gasteiger charge is 1.76. The molecule has 2 nitrogen and oxygen atoms in total. The van der Waals surface area contributed by atoms with Gasteiger partial charge in [-0.1, -0.05) is 25.5 Å². The van der Waals surface area contributed by atoms with Crippen LogP contribution in [0.3, 0.4) is 0 Å². The first-order chi connectivity index (χ1) is 4.27. The highest BCUT2D eigenvalue weighted by molar-refractivity contribution is 5.66. The lowest BCUT2D eigenvalue weighted by Crippen LogP contribution is -2.20. The van der Waals surface area contributed by atoms with E-state index in [9.17, 15) is 9.90 Å². The Morgan fingerprint density at radius 3 is 2.67 bits per heavy atom. The molecule has 0 saturated heterocycles. The van der Waals surface area contributed by atoms with E-state index >= 15 is 0 Å². The molecule has 0 amide bonds. The molecular formula is C7H11O2-. The number of carbonyl (C=O) groups is 1. The molecule has 2 heteroatoms. The fraction of sp³-hybridized carbons (Fsp3) is 0.571. The second-order valence-corrected chi connectivity index (χ2v) is 1.84. The van der Waals surface area contributed by atoms with Gasteiger partial charge in [-0.2, -0.15) is 0 Å². The summed E-state index contributed by atoms with van der Waals surface area (Å²) in [7, 11) is 0. The van der Waals surface area contributed by atoms with Crippen LogP contribution in [0.2, 0.25) is 0 Å². The third-order valence-electron chi connectivity index (χ3n) is 0.907. The molecule has 0 heterocycles. The largest absolute Gasteiger partial charge is 0.550 e. The Hall–Kier alpha value is -0.790. The molecule has 0 bridgehead atoms. The van der Waals surface area contributed by atoms with E-state index in [1.54, 1.807) is 6.08 Å². The van der Waals surface area contributed by atoms with Gasteiger partial charge in [0.05, 0.1) is 0 Å². The highest BCUT2D eigenvalue weighted by atomic mass is 16.4. The number of carboxylic acid groups (broad SMARTS) is 1. The minimum absolute atomic E-state index is 0.0417. The molecular weight excluding hydrogens is 116 g/mol. The predicted octanol–water partition coefficient (Wildman–Crippen LogP) is 0.483.